The summed E-state index contributed by atoms with van der Waals surface area (Å²) in [5.41, 5.74) is 10.3. The van der Waals surface area contributed by atoms with E-state index in [0.29, 0.717) is 26.8 Å². The highest BCUT2D eigenvalue weighted by Crippen LogP contribution is 2.39. The van der Waals surface area contributed by atoms with Gasteiger partial charge in [0.2, 0.25) is 0 Å². The third kappa shape index (κ3) is 2.92. The Morgan fingerprint density at radius 1 is 1.19 bits per heavy atom. The Balaban J connectivity index is 2.17. The molecule has 0 aliphatic heterocycles. The quantitative estimate of drug-likeness (QED) is 0.536. The van der Waals surface area contributed by atoms with Crippen LogP contribution < -0.4 is 5.73 Å². The van der Waals surface area contributed by atoms with Gasteiger partial charge in [-0.1, -0.05) is 23.2 Å². The smallest absolute Gasteiger partial charge is 0.138 e. The Bertz CT molecular complexity index is 1160. The van der Waals surface area contributed by atoms with Gasteiger partial charge in [-0.05, 0) is 37.3 Å². The van der Waals surface area contributed by atoms with Crippen molar-refractivity contribution in [1.82, 2.24) is 19.7 Å². The van der Waals surface area contributed by atoms with Gasteiger partial charge >= 0.3 is 0 Å². The van der Waals surface area contributed by atoms with Crippen LogP contribution in [0, 0.1) is 6.92 Å². The number of nitrogens with two attached hydrogens (primary N) is 1. The maximum absolute atomic E-state index is 10.2. The number of hydrogen-bond donors (Lipinski definition) is 2. The molecule has 0 bridgehead atoms. The van der Waals surface area contributed by atoms with Gasteiger partial charge in [0.15, 0.2) is 0 Å². The number of aryl methyl sites for hydroxylation is 1. The second-order valence-electron chi connectivity index (χ2n) is 6.06. The van der Waals surface area contributed by atoms with E-state index in [1.54, 1.807) is 35.3 Å². The number of phenolic OH excluding ortho intramolecular Hbond substituents is 1. The summed E-state index contributed by atoms with van der Waals surface area (Å²) in [7, 11) is 0. The molecule has 8 heteroatoms. The van der Waals surface area contributed by atoms with E-state index in [1.165, 1.54) is 6.33 Å². The number of nitrogens with zero attached hydrogens (tertiary/aromatic N) is 4. The Morgan fingerprint density at radius 2 is 2.00 bits per heavy atom. The maximum Gasteiger partial charge on any atom is 0.138 e. The van der Waals surface area contributed by atoms with Crippen molar-refractivity contribution < 1.29 is 5.11 Å². The van der Waals surface area contributed by atoms with Crippen LogP contribution in [0.2, 0.25) is 10.0 Å². The molecule has 2 heterocycles. The largest absolute Gasteiger partial charge is 0.508 e. The third-order valence-corrected chi connectivity index (χ3v) is 5.04. The highest BCUT2D eigenvalue weighted by molar-refractivity contribution is 6.36. The van der Waals surface area contributed by atoms with E-state index >= 15 is 0 Å². The first kappa shape index (κ1) is 17.7. The van der Waals surface area contributed by atoms with E-state index in [0.717, 1.165) is 22.2 Å². The molecule has 27 heavy (non-hydrogen) atoms. The van der Waals surface area contributed by atoms with Crippen molar-refractivity contribution in [2.75, 3.05) is 0 Å². The fourth-order valence-corrected chi connectivity index (χ4v) is 3.70. The lowest BCUT2D eigenvalue weighted by atomic mass is 9.98. The summed E-state index contributed by atoms with van der Waals surface area (Å²) in [5.74, 6) is 0.172. The molecule has 136 valence electrons. The summed E-state index contributed by atoms with van der Waals surface area (Å²) in [6.07, 6.45) is 3.03. The maximum atomic E-state index is 10.2. The fourth-order valence-electron chi connectivity index (χ4n) is 3.20. The molecule has 0 saturated heterocycles. The number of hydrogen-bond acceptors (Lipinski definition) is 5. The van der Waals surface area contributed by atoms with Crippen molar-refractivity contribution in [3.63, 3.8) is 0 Å². The molecular formula is C19H15Cl2N5O. The summed E-state index contributed by atoms with van der Waals surface area (Å²) in [5, 5.41) is 16.3. The van der Waals surface area contributed by atoms with E-state index in [4.69, 9.17) is 33.9 Å². The van der Waals surface area contributed by atoms with Crippen LogP contribution in [0.5, 0.6) is 5.75 Å². The Hall–Kier alpha value is -2.67. The normalized spacial score (nSPS) is 11.3. The molecule has 6 nitrogen and oxygen atoms in total. The standard InChI is InChI=1S/C19H15Cl2N5O/c1-10-16(27)5-4-15-17(10)19(26-9-23-8-24-26)13(7-22)18(25-15)12-3-2-11(20)6-14(12)21/h2-6,8-9,27H,7,22H2,1H3. The highest BCUT2D eigenvalue weighted by Gasteiger charge is 2.21. The molecule has 2 aromatic heterocycles. The molecule has 0 saturated carbocycles. The summed E-state index contributed by atoms with van der Waals surface area (Å²) in [6.45, 7) is 2.02. The second kappa shape index (κ2) is 6.81. The SMILES string of the molecule is Cc1c(O)ccc2nc(-c3ccc(Cl)cc3Cl)c(CN)c(-n3cncn3)c12. The lowest BCUT2D eigenvalue weighted by molar-refractivity contribution is 0.472. The second-order valence-corrected chi connectivity index (χ2v) is 6.90. The first-order valence-corrected chi connectivity index (χ1v) is 8.92. The number of rotatable bonds is 3. The minimum Gasteiger partial charge on any atom is -0.508 e. The van der Waals surface area contributed by atoms with Crippen molar-refractivity contribution >= 4 is 34.1 Å². The van der Waals surface area contributed by atoms with Crippen LogP contribution in [-0.2, 0) is 6.54 Å². The van der Waals surface area contributed by atoms with E-state index in [2.05, 4.69) is 10.1 Å². The first-order chi connectivity index (χ1) is 13.0. The number of aromatic hydroxyl groups is 1. The van der Waals surface area contributed by atoms with Crippen LogP contribution in [0.3, 0.4) is 0 Å². The number of halogens is 2. The molecule has 0 aliphatic carbocycles. The van der Waals surface area contributed by atoms with Gasteiger partial charge in [0.1, 0.15) is 18.4 Å². The number of pyridine rings is 1. The third-order valence-electron chi connectivity index (χ3n) is 4.49. The fraction of sp³-hybridized carbons (Fsp3) is 0.105. The lowest BCUT2D eigenvalue weighted by Crippen LogP contribution is -2.10. The van der Waals surface area contributed by atoms with Crippen LogP contribution in [-0.4, -0.2) is 24.9 Å². The molecule has 4 rings (SSSR count). The van der Waals surface area contributed by atoms with Crippen molar-refractivity contribution in [2.24, 2.45) is 5.73 Å². The summed E-state index contributed by atoms with van der Waals surface area (Å²) >= 11 is 12.5. The topological polar surface area (TPSA) is 89.8 Å². The number of phenols is 1. The Morgan fingerprint density at radius 3 is 2.67 bits per heavy atom. The van der Waals surface area contributed by atoms with Crippen LogP contribution in [0.25, 0.3) is 27.8 Å². The molecule has 0 amide bonds. The van der Waals surface area contributed by atoms with Gasteiger partial charge in [0, 0.05) is 33.6 Å². The van der Waals surface area contributed by atoms with E-state index in [9.17, 15) is 5.11 Å². The van der Waals surface area contributed by atoms with Gasteiger partial charge in [0.25, 0.3) is 0 Å². The monoisotopic (exact) mass is 399 g/mol. The van der Waals surface area contributed by atoms with Crippen LogP contribution >= 0.6 is 23.2 Å². The van der Waals surface area contributed by atoms with Crippen molar-refractivity contribution in [3.8, 4) is 22.7 Å². The van der Waals surface area contributed by atoms with E-state index < -0.39 is 0 Å². The summed E-state index contributed by atoms with van der Waals surface area (Å²) < 4.78 is 1.63. The molecule has 0 unspecified atom stereocenters. The predicted molar refractivity (Wildman–Crippen MR) is 106 cm³/mol. The van der Waals surface area contributed by atoms with Crippen molar-refractivity contribution in [2.45, 2.75) is 13.5 Å². The van der Waals surface area contributed by atoms with Gasteiger partial charge in [-0.3, -0.25) is 0 Å². The van der Waals surface area contributed by atoms with Gasteiger partial charge in [0.05, 0.1) is 21.9 Å². The zero-order valence-electron chi connectivity index (χ0n) is 14.3. The summed E-state index contributed by atoms with van der Waals surface area (Å²) in [6, 6.07) is 8.61. The van der Waals surface area contributed by atoms with Gasteiger partial charge < -0.3 is 10.8 Å². The molecule has 0 atom stereocenters. The minimum atomic E-state index is 0.172. The summed E-state index contributed by atoms with van der Waals surface area (Å²) in [4.78, 5) is 8.85. The van der Waals surface area contributed by atoms with Gasteiger partial charge in [-0.25, -0.2) is 14.6 Å². The van der Waals surface area contributed by atoms with Gasteiger partial charge in [-0.15, -0.1) is 0 Å². The zero-order valence-corrected chi connectivity index (χ0v) is 15.8. The highest BCUT2D eigenvalue weighted by atomic mass is 35.5. The first-order valence-electron chi connectivity index (χ1n) is 8.17. The van der Waals surface area contributed by atoms with Crippen LogP contribution in [0.15, 0.2) is 43.0 Å². The van der Waals surface area contributed by atoms with Crippen LogP contribution in [0.1, 0.15) is 11.1 Å². The molecule has 0 radical (unpaired) electrons. The number of fused-ring (bicyclic) bond motifs is 1. The lowest BCUT2D eigenvalue weighted by Gasteiger charge is -2.18. The number of benzene rings is 2. The van der Waals surface area contributed by atoms with E-state index in [-0.39, 0.29) is 12.3 Å². The Kier molecular flexibility index (Phi) is 4.47. The zero-order chi connectivity index (χ0) is 19.1. The molecule has 2 aromatic carbocycles. The molecule has 0 fully saturated rings. The molecule has 0 aliphatic rings. The molecule has 0 spiro atoms. The average molecular weight is 400 g/mol. The van der Waals surface area contributed by atoms with E-state index in [1.807, 2.05) is 13.0 Å². The predicted octanol–water partition coefficient (Wildman–Crippen LogP) is 4.26. The molecular weight excluding hydrogens is 385 g/mol. The van der Waals surface area contributed by atoms with Crippen LogP contribution in [0.4, 0.5) is 0 Å². The minimum absolute atomic E-state index is 0.172. The average Bonchev–Trinajstić information content (AvgIpc) is 3.18. The number of aromatic nitrogens is 4. The molecule has 4 aromatic rings. The molecule has 3 N–H and O–H groups in total. The van der Waals surface area contributed by atoms with Crippen molar-refractivity contribution in [1.29, 1.82) is 0 Å². The van der Waals surface area contributed by atoms with Gasteiger partial charge in [-0.2, -0.15) is 5.10 Å². The van der Waals surface area contributed by atoms with Crippen molar-refractivity contribution in [3.05, 3.63) is 64.2 Å². The Labute approximate surface area is 165 Å².